The Morgan fingerprint density at radius 2 is 1.51 bits per heavy atom. The second-order valence-corrected chi connectivity index (χ2v) is 10.3. The molecule has 0 aliphatic heterocycles. The lowest BCUT2D eigenvalue weighted by Gasteiger charge is -2.19. The van der Waals surface area contributed by atoms with Crippen LogP contribution in [0.5, 0.6) is 5.75 Å². The summed E-state index contributed by atoms with van der Waals surface area (Å²) in [5.41, 5.74) is 4.16. The molecular formula is C32H29F3O3S. The molecule has 0 spiro atoms. The number of alkyl halides is 3. The van der Waals surface area contributed by atoms with Crippen LogP contribution in [0.2, 0.25) is 0 Å². The lowest BCUT2D eigenvalue weighted by atomic mass is 9.99. The van der Waals surface area contributed by atoms with Gasteiger partial charge in [-0.3, -0.25) is 0 Å². The smallest absolute Gasteiger partial charge is 0.416 e. The molecule has 7 heteroatoms. The van der Waals surface area contributed by atoms with Gasteiger partial charge in [-0.05, 0) is 78.4 Å². The molecule has 39 heavy (non-hydrogen) atoms. The number of benzene rings is 4. The van der Waals surface area contributed by atoms with Gasteiger partial charge < -0.3 is 9.47 Å². The Kier molecular flexibility index (Phi) is 9.36. The van der Waals surface area contributed by atoms with Crippen LogP contribution in [0.1, 0.15) is 34.4 Å². The molecule has 1 atom stereocenters. The fraction of sp³-hybridized carbons (Fsp3) is 0.219. The number of hydrogen-bond donors (Lipinski definition) is 0. The molecule has 0 amide bonds. The Hall–Kier alpha value is -3.71. The summed E-state index contributed by atoms with van der Waals surface area (Å²) >= 11 is 1.73. The van der Waals surface area contributed by atoms with Gasteiger partial charge in [-0.2, -0.15) is 13.2 Å². The van der Waals surface area contributed by atoms with Crippen molar-refractivity contribution in [2.24, 2.45) is 0 Å². The van der Waals surface area contributed by atoms with Crippen LogP contribution in [0.25, 0.3) is 11.1 Å². The largest absolute Gasteiger partial charge is 0.482 e. The van der Waals surface area contributed by atoms with Gasteiger partial charge in [0, 0.05) is 10.1 Å². The van der Waals surface area contributed by atoms with Crippen molar-refractivity contribution in [2.75, 3.05) is 13.2 Å². The average molecular weight is 551 g/mol. The molecule has 4 aromatic rings. The minimum Gasteiger partial charge on any atom is -0.482 e. The number of carbonyl (C=O) groups excluding carboxylic acids is 1. The molecule has 0 radical (unpaired) electrons. The first-order valence-electron chi connectivity index (χ1n) is 12.6. The van der Waals surface area contributed by atoms with E-state index in [1.807, 2.05) is 67.6 Å². The van der Waals surface area contributed by atoms with Crippen molar-refractivity contribution in [1.29, 1.82) is 0 Å². The Morgan fingerprint density at radius 3 is 2.10 bits per heavy atom. The van der Waals surface area contributed by atoms with E-state index >= 15 is 0 Å². The molecule has 0 heterocycles. The summed E-state index contributed by atoms with van der Waals surface area (Å²) < 4.78 is 49.4. The summed E-state index contributed by atoms with van der Waals surface area (Å²) in [6.45, 7) is 3.87. The number of hydrogen-bond acceptors (Lipinski definition) is 4. The number of halogens is 3. The highest BCUT2D eigenvalue weighted by Gasteiger charge is 2.30. The lowest BCUT2D eigenvalue weighted by molar-refractivity contribution is -0.145. The van der Waals surface area contributed by atoms with Gasteiger partial charge in [0.05, 0.1) is 12.2 Å². The molecule has 0 aliphatic rings. The number of carbonyl (C=O) groups is 1. The van der Waals surface area contributed by atoms with Gasteiger partial charge >= 0.3 is 12.1 Å². The summed E-state index contributed by atoms with van der Waals surface area (Å²) in [6, 6.07) is 29.3. The van der Waals surface area contributed by atoms with Crippen LogP contribution in [-0.4, -0.2) is 19.2 Å². The van der Waals surface area contributed by atoms with E-state index in [1.54, 1.807) is 18.7 Å². The molecule has 0 bridgehead atoms. The molecule has 0 fully saturated rings. The third-order valence-corrected chi connectivity index (χ3v) is 7.42. The van der Waals surface area contributed by atoms with Crippen molar-refractivity contribution in [3.05, 3.63) is 119 Å². The summed E-state index contributed by atoms with van der Waals surface area (Å²) in [4.78, 5) is 12.7. The zero-order valence-corrected chi connectivity index (χ0v) is 22.5. The monoisotopic (exact) mass is 550 g/mol. The predicted molar refractivity (Wildman–Crippen MR) is 149 cm³/mol. The molecule has 202 valence electrons. The molecule has 3 nitrogen and oxygen atoms in total. The summed E-state index contributed by atoms with van der Waals surface area (Å²) in [7, 11) is 0. The zero-order chi connectivity index (χ0) is 27.8. The van der Waals surface area contributed by atoms with Crippen molar-refractivity contribution in [3.63, 3.8) is 0 Å². The van der Waals surface area contributed by atoms with Gasteiger partial charge in [0.15, 0.2) is 6.61 Å². The molecule has 4 aromatic carbocycles. The van der Waals surface area contributed by atoms with E-state index < -0.39 is 17.7 Å². The molecular weight excluding hydrogens is 521 g/mol. The van der Waals surface area contributed by atoms with Crippen LogP contribution in [-0.2, 0) is 22.1 Å². The maximum absolute atomic E-state index is 12.9. The van der Waals surface area contributed by atoms with Crippen molar-refractivity contribution >= 4 is 17.7 Å². The topological polar surface area (TPSA) is 35.5 Å². The van der Waals surface area contributed by atoms with Crippen molar-refractivity contribution in [1.82, 2.24) is 0 Å². The van der Waals surface area contributed by atoms with Gasteiger partial charge in [-0.1, -0.05) is 66.7 Å². The Bertz CT molecular complexity index is 1370. The average Bonchev–Trinajstić information content (AvgIpc) is 2.93. The molecule has 0 N–H and O–H groups in total. The summed E-state index contributed by atoms with van der Waals surface area (Å²) in [5.74, 6) is 0.228. The molecule has 1 unspecified atom stereocenters. The van der Waals surface area contributed by atoms with Crippen LogP contribution >= 0.6 is 11.8 Å². The molecule has 0 saturated carbocycles. The van der Waals surface area contributed by atoms with Crippen LogP contribution in [0.15, 0.2) is 102 Å². The second kappa shape index (κ2) is 12.9. The SMILES string of the molecule is CCOC(=O)COc1ccc(SC(Cc2ccccc2)c2ccc(-c3ccc(C(F)(F)F)cc3)cc2)cc1C. The van der Waals surface area contributed by atoms with Gasteiger partial charge in [0.2, 0.25) is 0 Å². The fourth-order valence-corrected chi connectivity index (χ4v) is 5.45. The highest BCUT2D eigenvalue weighted by atomic mass is 32.2. The van der Waals surface area contributed by atoms with E-state index in [0.717, 1.165) is 45.7 Å². The van der Waals surface area contributed by atoms with Crippen LogP contribution < -0.4 is 4.74 Å². The van der Waals surface area contributed by atoms with E-state index in [2.05, 4.69) is 12.1 Å². The van der Waals surface area contributed by atoms with Gasteiger partial charge in [-0.15, -0.1) is 11.8 Å². The van der Waals surface area contributed by atoms with Crippen molar-refractivity contribution < 1.29 is 27.4 Å². The van der Waals surface area contributed by atoms with Crippen LogP contribution in [0.3, 0.4) is 0 Å². The van der Waals surface area contributed by atoms with E-state index in [9.17, 15) is 18.0 Å². The number of thioether (sulfide) groups is 1. The first-order valence-corrected chi connectivity index (χ1v) is 13.5. The van der Waals surface area contributed by atoms with E-state index in [4.69, 9.17) is 9.47 Å². The maximum atomic E-state index is 12.9. The van der Waals surface area contributed by atoms with Gasteiger partial charge in [-0.25, -0.2) is 4.79 Å². The fourth-order valence-electron chi connectivity index (χ4n) is 4.16. The van der Waals surface area contributed by atoms with E-state index in [0.29, 0.717) is 12.4 Å². The van der Waals surface area contributed by atoms with Crippen LogP contribution in [0, 0.1) is 6.92 Å². The Balaban J connectivity index is 1.53. The van der Waals surface area contributed by atoms with Gasteiger partial charge in [0.25, 0.3) is 0 Å². The molecule has 0 aromatic heterocycles. The van der Waals surface area contributed by atoms with Crippen LogP contribution in [0.4, 0.5) is 13.2 Å². The van der Waals surface area contributed by atoms with Crippen molar-refractivity contribution in [2.45, 2.75) is 36.6 Å². The first kappa shape index (κ1) is 28.3. The second-order valence-electron chi connectivity index (χ2n) is 9.01. The third kappa shape index (κ3) is 7.90. The number of rotatable bonds is 10. The number of esters is 1. The van der Waals surface area contributed by atoms with E-state index in [-0.39, 0.29) is 11.9 Å². The highest BCUT2D eigenvalue weighted by Crippen LogP contribution is 2.40. The molecule has 4 rings (SSSR count). The maximum Gasteiger partial charge on any atom is 0.416 e. The predicted octanol–water partition coefficient (Wildman–Crippen LogP) is 8.70. The number of ether oxygens (including phenoxy) is 2. The minimum absolute atomic E-state index is 0.0970. The third-order valence-electron chi connectivity index (χ3n) is 6.17. The van der Waals surface area contributed by atoms with E-state index in [1.165, 1.54) is 17.7 Å². The first-order chi connectivity index (χ1) is 18.7. The lowest BCUT2D eigenvalue weighted by Crippen LogP contribution is -2.14. The highest BCUT2D eigenvalue weighted by molar-refractivity contribution is 7.99. The normalized spacial score (nSPS) is 12.1. The summed E-state index contributed by atoms with van der Waals surface area (Å²) in [6.07, 6.45) is -3.56. The quantitative estimate of drug-likeness (QED) is 0.146. The minimum atomic E-state index is -4.35. The standard InChI is InChI=1S/C32H29F3O3S/c1-3-37-31(36)21-38-29-18-17-28(19-22(29)2)39-30(20-23-7-5-4-6-8-23)26-11-9-24(10-12-26)25-13-15-27(16-14-25)32(33,34)35/h4-19,30H,3,20-21H2,1-2H3. The molecule has 0 saturated heterocycles. The Morgan fingerprint density at radius 1 is 0.872 bits per heavy atom. The summed E-state index contributed by atoms with van der Waals surface area (Å²) in [5, 5.41) is 0.0970. The Labute approximate surface area is 231 Å². The van der Waals surface area contributed by atoms with Gasteiger partial charge in [0.1, 0.15) is 5.75 Å². The molecule has 0 aliphatic carbocycles. The van der Waals surface area contributed by atoms with Crippen molar-refractivity contribution in [3.8, 4) is 16.9 Å². The zero-order valence-electron chi connectivity index (χ0n) is 21.7. The number of aryl methyl sites for hydroxylation is 1.